The summed E-state index contributed by atoms with van der Waals surface area (Å²) in [5.74, 6) is 0.0446. The van der Waals surface area contributed by atoms with Crippen LogP contribution < -0.4 is 10.7 Å². The Hall–Kier alpha value is -2.26. The van der Waals surface area contributed by atoms with Crippen molar-refractivity contribution < 1.29 is 9.18 Å². The predicted octanol–water partition coefficient (Wildman–Crippen LogP) is 4.33. The van der Waals surface area contributed by atoms with Crippen LogP contribution in [0.15, 0.2) is 33.4 Å². The van der Waals surface area contributed by atoms with Crippen LogP contribution in [0.5, 0.6) is 0 Å². The quantitative estimate of drug-likeness (QED) is 0.476. The van der Waals surface area contributed by atoms with Crippen LogP contribution in [0.3, 0.4) is 0 Å². The minimum atomic E-state index is -0.454. The second-order valence-electron chi connectivity index (χ2n) is 6.81. The minimum Gasteiger partial charge on any atom is -0.355 e. The number of nitrogens with one attached hydrogen (secondary N) is 2. The topological polar surface area (TPSA) is 87.7 Å². The molecular weight excluding hydrogens is 399 g/mol. The fourth-order valence-corrected chi connectivity index (χ4v) is 5.06. The van der Waals surface area contributed by atoms with Gasteiger partial charge in [0, 0.05) is 28.8 Å². The molecule has 0 bridgehead atoms. The molecule has 1 amide bonds. The molecule has 3 aromatic rings. The molecule has 0 aliphatic heterocycles. The molecule has 2 heterocycles. The SMILES string of the molecule is O=C(Nc1nnc(SCc2cc(=O)c3cccc(F)c3[nH]2)s1)C1CCCCC1. The zero-order valence-corrected chi connectivity index (χ0v) is 16.7. The maximum atomic E-state index is 14.0. The zero-order chi connectivity index (χ0) is 19.5. The summed E-state index contributed by atoms with van der Waals surface area (Å²) in [6.45, 7) is 0. The van der Waals surface area contributed by atoms with Crippen LogP contribution in [-0.4, -0.2) is 21.1 Å². The van der Waals surface area contributed by atoms with Crippen molar-refractivity contribution in [3.8, 4) is 0 Å². The van der Waals surface area contributed by atoms with E-state index in [2.05, 4.69) is 20.5 Å². The molecule has 4 rings (SSSR count). The summed E-state index contributed by atoms with van der Waals surface area (Å²) in [5, 5.41) is 11.8. The van der Waals surface area contributed by atoms with Gasteiger partial charge in [-0.1, -0.05) is 48.4 Å². The second-order valence-corrected chi connectivity index (χ2v) is 9.01. The molecular formula is C19H19FN4O2S2. The van der Waals surface area contributed by atoms with Gasteiger partial charge in [0.05, 0.1) is 5.52 Å². The Morgan fingerprint density at radius 2 is 2.11 bits per heavy atom. The lowest BCUT2D eigenvalue weighted by molar-refractivity contribution is -0.120. The van der Waals surface area contributed by atoms with Crippen LogP contribution in [0.25, 0.3) is 10.9 Å². The van der Waals surface area contributed by atoms with Crippen molar-refractivity contribution >= 4 is 45.0 Å². The van der Waals surface area contributed by atoms with E-state index in [9.17, 15) is 14.0 Å². The molecule has 1 saturated carbocycles. The summed E-state index contributed by atoms with van der Waals surface area (Å²) in [7, 11) is 0. The van der Waals surface area contributed by atoms with Crippen molar-refractivity contribution in [1.82, 2.24) is 15.2 Å². The van der Waals surface area contributed by atoms with Crippen LogP contribution in [0, 0.1) is 11.7 Å². The molecule has 1 fully saturated rings. The van der Waals surface area contributed by atoms with E-state index in [1.807, 2.05) is 0 Å². The molecule has 0 spiro atoms. The van der Waals surface area contributed by atoms with E-state index < -0.39 is 5.82 Å². The summed E-state index contributed by atoms with van der Waals surface area (Å²) in [6, 6.07) is 5.91. The number of nitrogens with zero attached hydrogens (tertiary/aromatic N) is 2. The molecule has 6 nitrogen and oxygen atoms in total. The first-order valence-corrected chi connectivity index (χ1v) is 11.0. The molecule has 0 atom stereocenters. The number of aromatic amines is 1. The third-order valence-electron chi connectivity index (χ3n) is 4.83. The fraction of sp³-hybridized carbons (Fsp3) is 0.368. The van der Waals surface area contributed by atoms with Crippen molar-refractivity contribution in [1.29, 1.82) is 0 Å². The molecule has 146 valence electrons. The van der Waals surface area contributed by atoms with Crippen LogP contribution in [0.1, 0.15) is 37.8 Å². The number of benzene rings is 1. The van der Waals surface area contributed by atoms with Gasteiger partial charge in [-0.3, -0.25) is 9.59 Å². The number of rotatable bonds is 5. The summed E-state index contributed by atoms with van der Waals surface area (Å²) in [6.07, 6.45) is 5.25. The molecule has 2 aromatic heterocycles. The number of para-hydroxylation sites is 1. The number of aromatic nitrogens is 3. The molecule has 2 N–H and O–H groups in total. The Kier molecular flexibility index (Phi) is 5.72. The first kappa shape index (κ1) is 19.1. The highest BCUT2D eigenvalue weighted by atomic mass is 32.2. The van der Waals surface area contributed by atoms with Gasteiger partial charge in [-0.25, -0.2) is 4.39 Å². The largest absolute Gasteiger partial charge is 0.355 e. The Morgan fingerprint density at radius 3 is 2.93 bits per heavy atom. The number of pyridine rings is 1. The summed E-state index contributed by atoms with van der Waals surface area (Å²) < 4.78 is 14.6. The van der Waals surface area contributed by atoms with Crippen LogP contribution in [-0.2, 0) is 10.5 Å². The predicted molar refractivity (Wildman–Crippen MR) is 109 cm³/mol. The van der Waals surface area contributed by atoms with Crippen molar-refractivity contribution in [3.05, 3.63) is 46.0 Å². The van der Waals surface area contributed by atoms with Gasteiger partial charge in [0.25, 0.3) is 0 Å². The Labute approximate surface area is 169 Å². The van der Waals surface area contributed by atoms with Crippen molar-refractivity contribution in [3.63, 3.8) is 0 Å². The number of hydrogen-bond acceptors (Lipinski definition) is 6. The van der Waals surface area contributed by atoms with E-state index in [0.29, 0.717) is 26.3 Å². The molecule has 0 saturated heterocycles. The maximum Gasteiger partial charge on any atom is 0.229 e. The summed E-state index contributed by atoms with van der Waals surface area (Å²) in [5.41, 5.74) is 0.598. The van der Waals surface area contributed by atoms with E-state index in [0.717, 1.165) is 25.7 Å². The van der Waals surface area contributed by atoms with Crippen LogP contribution in [0.2, 0.25) is 0 Å². The highest BCUT2D eigenvalue weighted by Gasteiger charge is 2.22. The average Bonchev–Trinajstić information content (AvgIpc) is 3.15. The van der Waals surface area contributed by atoms with Crippen LogP contribution in [0.4, 0.5) is 9.52 Å². The third kappa shape index (κ3) is 4.25. The first-order valence-electron chi connectivity index (χ1n) is 9.18. The smallest absolute Gasteiger partial charge is 0.229 e. The number of anilines is 1. The fourth-order valence-electron chi connectivity index (χ4n) is 3.40. The van der Waals surface area contributed by atoms with Gasteiger partial charge in [-0.05, 0) is 25.0 Å². The Balaban J connectivity index is 1.41. The number of H-pyrrole nitrogens is 1. The second kappa shape index (κ2) is 8.40. The molecule has 1 aliphatic rings. The first-order chi connectivity index (χ1) is 13.6. The zero-order valence-electron chi connectivity index (χ0n) is 15.0. The molecule has 1 aliphatic carbocycles. The molecule has 0 unspecified atom stereocenters. The van der Waals surface area contributed by atoms with Crippen molar-refractivity contribution in [2.45, 2.75) is 42.2 Å². The normalized spacial score (nSPS) is 15.0. The standard InChI is InChI=1S/C19H19FN4O2S2/c20-14-8-4-7-13-15(25)9-12(21-16(13)14)10-27-19-24-23-18(28-19)22-17(26)11-5-2-1-3-6-11/h4,7-9,11H,1-3,5-6,10H2,(H,21,25)(H,22,23,26). The number of hydrogen-bond donors (Lipinski definition) is 2. The lowest BCUT2D eigenvalue weighted by atomic mass is 9.89. The van der Waals surface area contributed by atoms with Gasteiger partial charge >= 0.3 is 0 Å². The minimum absolute atomic E-state index is 0.0155. The number of amides is 1. The van der Waals surface area contributed by atoms with Gasteiger partial charge in [0.15, 0.2) is 9.77 Å². The van der Waals surface area contributed by atoms with E-state index in [1.54, 1.807) is 6.07 Å². The Morgan fingerprint density at radius 1 is 1.29 bits per heavy atom. The van der Waals surface area contributed by atoms with E-state index in [-0.39, 0.29) is 22.8 Å². The van der Waals surface area contributed by atoms with Gasteiger partial charge in [0.2, 0.25) is 11.0 Å². The van der Waals surface area contributed by atoms with Gasteiger partial charge in [-0.15, -0.1) is 10.2 Å². The molecule has 9 heteroatoms. The molecule has 1 aromatic carbocycles. The van der Waals surface area contributed by atoms with E-state index >= 15 is 0 Å². The number of carbonyl (C=O) groups excluding carboxylic acids is 1. The lowest BCUT2D eigenvalue weighted by Gasteiger charge is -2.19. The molecule has 0 radical (unpaired) electrons. The van der Waals surface area contributed by atoms with Gasteiger partial charge < -0.3 is 10.3 Å². The highest BCUT2D eigenvalue weighted by molar-refractivity contribution is 8.00. The van der Waals surface area contributed by atoms with Gasteiger partial charge in [-0.2, -0.15) is 0 Å². The summed E-state index contributed by atoms with van der Waals surface area (Å²) in [4.78, 5) is 27.4. The van der Waals surface area contributed by atoms with Crippen molar-refractivity contribution in [2.24, 2.45) is 5.92 Å². The average molecular weight is 419 g/mol. The number of fused-ring (bicyclic) bond motifs is 1. The monoisotopic (exact) mass is 418 g/mol. The van der Waals surface area contributed by atoms with Crippen molar-refractivity contribution in [2.75, 3.05) is 5.32 Å². The highest BCUT2D eigenvalue weighted by Crippen LogP contribution is 2.30. The van der Waals surface area contributed by atoms with E-state index in [1.165, 1.54) is 47.7 Å². The summed E-state index contributed by atoms with van der Waals surface area (Å²) >= 11 is 2.68. The third-order valence-corrected chi connectivity index (χ3v) is 6.85. The Bertz CT molecular complexity index is 1060. The number of thioether (sulfide) groups is 1. The molecule has 28 heavy (non-hydrogen) atoms. The maximum absolute atomic E-state index is 14.0. The number of halogens is 1. The van der Waals surface area contributed by atoms with E-state index in [4.69, 9.17) is 0 Å². The number of carbonyl (C=O) groups is 1. The van der Waals surface area contributed by atoms with Crippen LogP contribution >= 0.6 is 23.1 Å². The lowest BCUT2D eigenvalue weighted by Crippen LogP contribution is -2.24. The van der Waals surface area contributed by atoms with Gasteiger partial charge in [0.1, 0.15) is 5.82 Å².